The Morgan fingerprint density at radius 3 is 2.68 bits per heavy atom. The number of benzene rings is 1. The van der Waals surface area contributed by atoms with Gasteiger partial charge in [-0.2, -0.15) is 0 Å². The van der Waals surface area contributed by atoms with E-state index in [-0.39, 0.29) is 24.7 Å². The molecule has 1 fully saturated rings. The molecular formula is C14H17F2NO2. The minimum Gasteiger partial charge on any atom is -0.454 e. The summed E-state index contributed by atoms with van der Waals surface area (Å²) >= 11 is 0. The summed E-state index contributed by atoms with van der Waals surface area (Å²) in [4.78, 5) is 0. The zero-order valence-corrected chi connectivity index (χ0v) is 10.6. The largest absolute Gasteiger partial charge is 0.454 e. The monoisotopic (exact) mass is 269 g/mol. The molecule has 0 radical (unpaired) electrons. The topological polar surface area (TPSA) is 30.5 Å². The van der Waals surface area contributed by atoms with Crippen LogP contribution in [0.5, 0.6) is 11.5 Å². The van der Waals surface area contributed by atoms with Crippen molar-refractivity contribution in [2.75, 3.05) is 19.9 Å². The first-order valence-corrected chi connectivity index (χ1v) is 6.64. The normalized spacial score (nSPS) is 19.7. The van der Waals surface area contributed by atoms with Crippen LogP contribution in [0.2, 0.25) is 0 Å². The van der Waals surface area contributed by atoms with Crippen LogP contribution in [-0.2, 0) is 5.92 Å². The molecule has 0 spiro atoms. The van der Waals surface area contributed by atoms with E-state index in [0.29, 0.717) is 11.5 Å². The number of hydrogen-bond donors (Lipinski definition) is 1. The van der Waals surface area contributed by atoms with Crippen LogP contribution in [0.1, 0.15) is 24.8 Å². The van der Waals surface area contributed by atoms with Gasteiger partial charge in [-0.15, -0.1) is 0 Å². The van der Waals surface area contributed by atoms with Crippen molar-refractivity contribution in [2.45, 2.75) is 25.2 Å². The van der Waals surface area contributed by atoms with E-state index in [2.05, 4.69) is 5.32 Å². The van der Waals surface area contributed by atoms with E-state index in [1.165, 1.54) is 12.1 Å². The smallest absolute Gasteiger partial charge is 0.273 e. The van der Waals surface area contributed by atoms with Crippen molar-refractivity contribution in [2.24, 2.45) is 5.92 Å². The molecule has 2 aliphatic rings. The number of rotatable bonds is 3. The quantitative estimate of drug-likeness (QED) is 0.915. The molecule has 0 unspecified atom stereocenters. The summed E-state index contributed by atoms with van der Waals surface area (Å²) in [5.74, 6) is -1.76. The molecule has 2 heterocycles. The molecule has 1 N–H and O–H groups in total. The van der Waals surface area contributed by atoms with Gasteiger partial charge in [0.1, 0.15) is 0 Å². The average Bonchev–Trinajstić information content (AvgIpc) is 2.86. The molecule has 0 amide bonds. The third-order valence-electron chi connectivity index (χ3n) is 3.80. The SMILES string of the molecule is FC(F)(CC1CCNCC1)c1ccc2c(c1)OCO2. The van der Waals surface area contributed by atoms with Crippen LogP contribution in [-0.4, -0.2) is 19.9 Å². The van der Waals surface area contributed by atoms with Gasteiger partial charge in [0.25, 0.3) is 5.92 Å². The van der Waals surface area contributed by atoms with Crippen LogP contribution >= 0.6 is 0 Å². The van der Waals surface area contributed by atoms with E-state index in [9.17, 15) is 8.78 Å². The summed E-state index contributed by atoms with van der Waals surface area (Å²) in [6.45, 7) is 1.78. The Kier molecular flexibility index (Phi) is 3.31. The molecule has 0 atom stereocenters. The maximum atomic E-state index is 14.3. The molecule has 3 nitrogen and oxygen atoms in total. The van der Waals surface area contributed by atoms with E-state index >= 15 is 0 Å². The molecular weight excluding hydrogens is 252 g/mol. The molecule has 5 heteroatoms. The predicted molar refractivity (Wildman–Crippen MR) is 66.7 cm³/mol. The van der Waals surface area contributed by atoms with Crippen LogP contribution in [0.25, 0.3) is 0 Å². The third-order valence-corrected chi connectivity index (χ3v) is 3.80. The number of alkyl halides is 2. The summed E-state index contributed by atoms with van der Waals surface area (Å²) in [6, 6.07) is 4.41. The second-order valence-corrected chi connectivity index (χ2v) is 5.17. The van der Waals surface area contributed by atoms with Crippen LogP contribution in [0.15, 0.2) is 18.2 Å². The molecule has 3 rings (SSSR count). The van der Waals surface area contributed by atoms with E-state index in [1.54, 1.807) is 6.07 Å². The number of ether oxygens (including phenoxy) is 2. The van der Waals surface area contributed by atoms with Gasteiger partial charge in [-0.1, -0.05) is 0 Å². The van der Waals surface area contributed by atoms with Crippen LogP contribution < -0.4 is 14.8 Å². The van der Waals surface area contributed by atoms with Crippen molar-refractivity contribution >= 4 is 0 Å². The zero-order chi connectivity index (χ0) is 13.3. The van der Waals surface area contributed by atoms with Crippen LogP contribution in [0.3, 0.4) is 0 Å². The van der Waals surface area contributed by atoms with Gasteiger partial charge in [-0.3, -0.25) is 0 Å². The first kappa shape index (κ1) is 12.7. The van der Waals surface area contributed by atoms with Crippen molar-refractivity contribution in [1.82, 2.24) is 5.32 Å². The van der Waals surface area contributed by atoms with Crippen LogP contribution in [0.4, 0.5) is 8.78 Å². The second-order valence-electron chi connectivity index (χ2n) is 5.17. The fourth-order valence-corrected chi connectivity index (χ4v) is 2.69. The molecule has 1 aromatic rings. The minimum absolute atomic E-state index is 0.0234. The lowest BCUT2D eigenvalue weighted by Crippen LogP contribution is -2.30. The summed E-state index contributed by atoms with van der Waals surface area (Å²) in [6.07, 6.45) is 1.55. The van der Waals surface area contributed by atoms with Gasteiger partial charge in [0.05, 0.1) is 0 Å². The summed E-state index contributed by atoms with van der Waals surface area (Å²) in [5.41, 5.74) is 0.0234. The highest BCUT2D eigenvalue weighted by atomic mass is 19.3. The molecule has 0 bridgehead atoms. The number of nitrogens with one attached hydrogen (secondary N) is 1. The van der Waals surface area contributed by atoms with Crippen molar-refractivity contribution in [3.63, 3.8) is 0 Å². The van der Waals surface area contributed by atoms with E-state index in [4.69, 9.17) is 9.47 Å². The summed E-state index contributed by atoms with van der Waals surface area (Å²) in [7, 11) is 0. The Balaban J connectivity index is 1.75. The Morgan fingerprint density at radius 2 is 1.89 bits per heavy atom. The zero-order valence-electron chi connectivity index (χ0n) is 10.6. The lowest BCUT2D eigenvalue weighted by atomic mass is 9.89. The number of piperidine rings is 1. The Labute approximate surface area is 110 Å². The first-order valence-electron chi connectivity index (χ1n) is 6.64. The van der Waals surface area contributed by atoms with Gasteiger partial charge in [-0.05, 0) is 50.0 Å². The van der Waals surface area contributed by atoms with Crippen molar-refractivity contribution in [3.8, 4) is 11.5 Å². The lowest BCUT2D eigenvalue weighted by molar-refractivity contribution is -0.0327. The van der Waals surface area contributed by atoms with E-state index < -0.39 is 5.92 Å². The highest BCUT2D eigenvalue weighted by molar-refractivity contribution is 5.45. The molecule has 1 saturated heterocycles. The minimum atomic E-state index is -2.80. The van der Waals surface area contributed by atoms with Crippen molar-refractivity contribution in [3.05, 3.63) is 23.8 Å². The molecule has 2 aliphatic heterocycles. The molecule has 0 saturated carbocycles. The van der Waals surface area contributed by atoms with Crippen molar-refractivity contribution < 1.29 is 18.3 Å². The fourth-order valence-electron chi connectivity index (χ4n) is 2.69. The lowest BCUT2D eigenvalue weighted by Gasteiger charge is -2.27. The standard InChI is InChI=1S/C14H17F2NO2/c15-14(16,8-10-3-5-17-6-4-10)11-1-2-12-13(7-11)19-9-18-12/h1-2,7,10,17H,3-6,8-9H2. The van der Waals surface area contributed by atoms with Gasteiger partial charge < -0.3 is 14.8 Å². The highest BCUT2D eigenvalue weighted by Gasteiger charge is 2.36. The van der Waals surface area contributed by atoms with Gasteiger partial charge in [-0.25, -0.2) is 8.78 Å². The number of halogens is 2. The van der Waals surface area contributed by atoms with Gasteiger partial charge in [0.2, 0.25) is 6.79 Å². The summed E-state index contributed by atoms with van der Waals surface area (Å²) in [5, 5.41) is 3.19. The second kappa shape index (κ2) is 4.96. The molecule has 19 heavy (non-hydrogen) atoms. The van der Waals surface area contributed by atoms with Gasteiger partial charge in [0, 0.05) is 12.0 Å². The Bertz CT molecular complexity index is 459. The molecule has 1 aromatic carbocycles. The van der Waals surface area contributed by atoms with Gasteiger partial charge >= 0.3 is 0 Å². The molecule has 0 aliphatic carbocycles. The maximum absolute atomic E-state index is 14.3. The highest BCUT2D eigenvalue weighted by Crippen LogP contribution is 2.41. The fraction of sp³-hybridized carbons (Fsp3) is 0.571. The number of hydrogen-bond acceptors (Lipinski definition) is 3. The van der Waals surface area contributed by atoms with E-state index in [0.717, 1.165) is 25.9 Å². The van der Waals surface area contributed by atoms with Crippen molar-refractivity contribution in [1.29, 1.82) is 0 Å². The summed E-state index contributed by atoms with van der Waals surface area (Å²) < 4.78 is 38.9. The predicted octanol–water partition coefficient (Wildman–Crippen LogP) is 2.90. The third kappa shape index (κ3) is 2.66. The molecule has 0 aromatic heterocycles. The Hall–Kier alpha value is -1.36. The Morgan fingerprint density at radius 1 is 1.16 bits per heavy atom. The van der Waals surface area contributed by atoms with Gasteiger partial charge in [0.15, 0.2) is 11.5 Å². The number of fused-ring (bicyclic) bond motifs is 1. The molecule has 104 valence electrons. The average molecular weight is 269 g/mol. The maximum Gasteiger partial charge on any atom is 0.273 e. The van der Waals surface area contributed by atoms with Crippen LogP contribution in [0, 0.1) is 5.92 Å². The van der Waals surface area contributed by atoms with E-state index in [1.807, 2.05) is 0 Å². The first-order chi connectivity index (χ1) is 9.15.